The molecule has 1 saturated heterocycles. The van der Waals surface area contributed by atoms with Crippen molar-refractivity contribution in [2.75, 3.05) is 27.2 Å². The van der Waals surface area contributed by atoms with E-state index in [9.17, 15) is 4.79 Å². The van der Waals surface area contributed by atoms with Crippen molar-refractivity contribution >= 4 is 11.7 Å². The normalized spacial score (nSPS) is 26.6. The Hall–Kier alpha value is -1.30. The number of amidine groups is 1. The summed E-state index contributed by atoms with van der Waals surface area (Å²) < 4.78 is 0. The van der Waals surface area contributed by atoms with Crippen molar-refractivity contribution in [2.24, 2.45) is 16.3 Å². The minimum atomic E-state index is -0.732. The van der Waals surface area contributed by atoms with Crippen molar-refractivity contribution in [3.8, 4) is 0 Å². The lowest BCUT2D eigenvalue weighted by atomic mass is 9.66. The van der Waals surface area contributed by atoms with Crippen molar-refractivity contribution in [1.29, 1.82) is 0 Å². The van der Waals surface area contributed by atoms with Crippen molar-refractivity contribution in [3.05, 3.63) is 0 Å². The molecule has 1 aliphatic carbocycles. The van der Waals surface area contributed by atoms with E-state index in [4.69, 9.17) is 10.9 Å². The Balaban J connectivity index is 2.14. The lowest BCUT2D eigenvalue weighted by molar-refractivity contribution is -0.143. The molecular weight excluding hydrogens is 244 g/mol. The highest BCUT2D eigenvalue weighted by molar-refractivity contribution is 6.07. The fourth-order valence-corrected chi connectivity index (χ4v) is 3.19. The number of amides is 1. The minimum absolute atomic E-state index is 0.0541. The third kappa shape index (κ3) is 2.41. The molecule has 1 heterocycles. The van der Waals surface area contributed by atoms with Crippen LogP contribution in [0.5, 0.6) is 0 Å². The van der Waals surface area contributed by atoms with Crippen LogP contribution in [0.2, 0.25) is 0 Å². The standard InChI is InChI=1S/C13H24N4O2/c1-16(2)9-10-5-3-8-17(10)12(18)13(6-4-7-13)11(14)15-19/h10,19H,3-9H2,1-2H3,(H2,14,15). The highest BCUT2D eigenvalue weighted by Gasteiger charge is 2.51. The van der Waals surface area contributed by atoms with Gasteiger partial charge in [0.2, 0.25) is 5.91 Å². The van der Waals surface area contributed by atoms with Gasteiger partial charge in [-0.1, -0.05) is 11.6 Å². The maximum Gasteiger partial charge on any atom is 0.236 e. The third-order valence-corrected chi connectivity index (χ3v) is 4.43. The summed E-state index contributed by atoms with van der Waals surface area (Å²) in [5.74, 6) is 0.137. The molecular formula is C13H24N4O2. The summed E-state index contributed by atoms with van der Waals surface area (Å²) in [4.78, 5) is 16.8. The lowest BCUT2D eigenvalue weighted by Gasteiger charge is -2.43. The molecule has 0 aromatic rings. The lowest BCUT2D eigenvalue weighted by Crippen LogP contribution is -2.57. The van der Waals surface area contributed by atoms with Gasteiger partial charge >= 0.3 is 0 Å². The molecule has 1 saturated carbocycles. The molecule has 1 unspecified atom stereocenters. The first-order valence-corrected chi connectivity index (χ1v) is 6.95. The Kier molecular flexibility index (Phi) is 3.99. The predicted molar refractivity (Wildman–Crippen MR) is 73.0 cm³/mol. The molecule has 19 heavy (non-hydrogen) atoms. The van der Waals surface area contributed by atoms with E-state index in [2.05, 4.69) is 10.1 Å². The van der Waals surface area contributed by atoms with E-state index in [-0.39, 0.29) is 17.8 Å². The summed E-state index contributed by atoms with van der Waals surface area (Å²) in [6.45, 7) is 1.66. The second-order valence-electron chi connectivity index (χ2n) is 5.98. The molecule has 0 bridgehead atoms. The van der Waals surface area contributed by atoms with Crippen LogP contribution in [0.1, 0.15) is 32.1 Å². The van der Waals surface area contributed by atoms with Crippen molar-refractivity contribution in [1.82, 2.24) is 9.80 Å². The summed E-state index contributed by atoms with van der Waals surface area (Å²) in [6, 6.07) is 0.256. The molecule has 0 spiro atoms. The number of nitrogens with two attached hydrogens (primary N) is 1. The molecule has 1 aliphatic heterocycles. The quantitative estimate of drug-likeness (QED) is 0.336. The zero-order valence-corrected chi connectivity index (χ0v) is 11.8. The van der Waals surface area contributed by atoms with Gasteiger partial charge in [0.25, 0.3) is 0 Å². The maximum atomic E-state index is 12.8. The fourth-order valence-electron chi connectivity index (χ4n) is 3.19. The molecule has 2 fully saturated rings. The van der Waals surface area contributed by atoms with E-state index in [0.717, 1.165) is 32.4 Å². The molecule has 6 heteroatoms. The Labute approximate surface area is 114 Å². The molecule has 2 rings (SSSR count). The van der Waals surface area contributed by atoms with Crippen LogP contribution in [-0.2, 0) is 4.79 Å². The Morgan fingerprint density at radius 3 is 2.63 bits per heavy atom. The van der Waals surface area contributed by atoms with E-state index >= 15 is 0 Å². The van der Waals surface area contributed by atoms with Crippen LogP contribution < -0.4 is 5.73 Å². The van der Waals surface area contributed by atoms with E-state index in [1.807, 2.05) is 19.0 Å². The molecule has 1 atom stereocenters. The Morgan fingerprint density at radius 2 is 2.16 bits per heavy atom. The highest BCUT2D eigenvalue weighted by Crippen LogP contribution is 2.44. The van der Waals surface area contributed by atoms with E-state index in [1.165, 1.54) is 0 Å². The predicted octanol–water partition coefficient (Wildman–Crippen LogP) is 0.456. The average Bonchev–Trinajstić information content (AvgIpc) is 2.74. The summed E-state index contributed by atoms with van der Waals surface area (Å²) in [6.07, 6.45) is 4.45. The number of hydrogen-bond donors (Lipinski definition) is 2. The van der Waals surface area contributed by atoms with E-state index < -0.39 is 5.41 Å². The molecule has 0 aromatic heterocycles. The Morgan fingerprint density at radius 1 is 1.47 bits per heavy atom. The monoisotopic (exact) mass is 268 g/mol. The van der Waals surface area contributed by atoms with E-state index in [1.54, 1.807) is 0 Å². The number of oxime groups is 1. The van der Waals surface area contributed by atoms with Gasteiger partial charge in [-0.15, -0.1) is 0 Å². The van der Waals surface area contributed by atoms with Crippen molar-refractivity contribution in [2.45, 2.75) is 38.1 Å². The van der Waals surface area contributed by atoms with Crippen LogP contribution in [0, 0.1) is 5.41 Å². The van der Waals surface area contributed by atoms with Gasteiger partial charge in [0.05, 0.1) is 0 Å². The number of likely N-dealkylation sites (tertiary alicyclic amines) is 1. The molecule has 2 aliphatic rings. The van der Waals surface area contributed by atoms with Crippen molar-refractivity contribution in [3.63, 3.8) is 0 Å². The molecule has 108 valence electrons. The number of hydrogen-bond acceptors (Lipinski definition) is 4. The zero-order chi connectivity index (χ0) is 14.0. The first-order valence-electron chi connectivity index (χ1n) is 6.95. The van der Waals surface area contributed by atoms with Gasteiger partial charge in [0.1, 0.15) is 5.41 Å². The molecule has 1 amide bonds. The van der Waals surface area contributed by atoms with Gasteiger partial charge < -0.3 is 20.7 Å². The van der Waals surface area contributed by atoms with Gasteiger partial charge in [-0.05, 0) is 39.8 Å². The topological polar surface area (TPSA) is 82.2 Å². The third-order valence-electron chi connectivity index (χ3n) is 4.43. The number of carbonyl (C=O) groups is 1. The van der Waals surface area contributed by atoms with Crippen LogP contribution in [-0.4, -0.2) is 60.0 Å². The summed E-state index contributed by atoms with van der Waals surface area (Å²) in [5.41, 5.74) is 5.04. The van der Waals surface area contributed by atoms with Crippen LogP contribution in [0.25, 0.3) is 0 Å². The summed E-state index contributed by atoms with van der Waals surface area (Å²) in [5, 5.41) is 12.0. The summed E-state index contributed by atoms with van der Waals surface area (Å²) >= 11 is 0. The van der Waals surface area contributed by atoms with Crippen molar-refractivity contribution < 1.29 is 10.0 Å². The van der Waals surface area contributed by atoms with Crippen LogP contribution in [0.4, 0.5) is 0 Å². The van der Waals surface area contributed by atoms with Crippen LogP contribution in [0.3, 0.4) is 0 Å². The van der Waals surface area contributed by atoms with E-state index in [0.29, 0.717) is 12.8 Å². The van der Waals surface area contributed by atoms with Gasteiger partial charge in [-0.2, -0.15) is 0 Å². The smallest absolute Gasteiger partial charge is 0.236 e. The number of carbonyl (C=O) groups excluding carboxylic acids is 1. The maximum absolute atomic E-state index is 12.8. The van der Waals surface area contributed by atoms with Gasteiger partial charge in [-0.25, -0.2) is 0 Å². The first kappa shape index (κ1) is 14.1. The average molecular weight is 268 g/mol. The SMILES string of the molecule is CN(C)CC1CCCN1C(=O)C1(C(N)=NO)CCC1. The largest absolute Gasteiger partial charge is 0.409 e. The Bertz CT molecular complexity index is 377. The van der Waals surface area contributed by atoms with Crippen LogP contribution >= 0.6 is 0 Å². The fraction of sp³-hybridized carbons (Fsp3) is 0.846. The number of rotatable bonds is 4. The second-order valence-corrected chi connectivity index (χ2v) is 5.98. The molecule has 6 nitrogen and oxygen atoms in total. The van der Waals surface area contributed by atoms with Gasteiger partial charge in [-0.3, -0.25) is 4.79 Å². The van der Waals surface area contributed by atoms with Gasteiger partial charge in [0, 0.05) is 19.1 Å². The molecule has 0 aromatic carbocycles. The zero-order valence-electron chi connectivity index (χ0n) is 11.8. The first-order chi connectivity index (χ1) is 9.01. The molecule has 3 N–H and O–H groups in total. The molecule has 0 radical (unpaired) electrons. The van der Waals surface area contributed by atoms with Crippen LogP contribution in [0.15, 0.2) is 5.16 Å². The number of likely N-dealkylation sites (N-methyl/N-ethyl adjacent to an activating group) is 1. The number of nitrogens with zero attached hydrogens (tertiary/aromatic N) is 3. The van der Waals surface area contributed by atoms with Gasteiger partial charge in [0.15, 0.2) is 5.84 Å². The highest BCUT2D eigenvalue weighted by atomic mass is 16.4. The minimum Gasteiger partial charge on any atom is -0.409 e. The second kappa shape index (κ2) is 5.36. The summed E-state index contributed by atoms with van der Waals surface area (Å²) in [7, 11) is 4.03.